The van der Waals surface area contributed by atoms with Gasteiger partial charge in [-0.25, -0.2) is 0 Å². The summed E-state index contributed by atoms with van der Waals surface area (Å²) in [5.74, 6) is 0.501. The van der Waals surface area contributed by atoms with E-state index in [0.29, 0.717) is 12.0 Å². The SMILES string of the molecule is CC(C)Oc1nc(Cl)nc(NC2CCCCC2(C)C)n1. The molecular formula is C14H23ClN4O. The molecule has 20 heavy (non-hydrogen) atoms. The number of halogens is 1. The van der Waals surface area contributed by atoms with Gasteiger partial charge < -0.3 is 10.1 Å². The first-order valence-corrected chi connectivity index (χ1v) is 7.59. The van der Waals surface area contributed by atoms with Crippen LogP contribution in [0.15, 0.2) is 0 Å². The number of anilines is 1. The minimum Gasteiger partial charge on any atom is -0.461 e. The van der Waals surface area contributed by atoms with Gasteiger partial charge in [0.05, 0.1) is 6.10 Å². The highest BCUT2D eigenvalue weighted by Gasteiger charge is 2.32. The molecule has 0 bridgehead atoms. The number of aromatic nitrogens is 3. The van der Waals surface area contributed by atoms with Crippen LogP contribution in [0, 0.1) is 5.41 Å². The van der Waals surface area contributed by atoms with Crippen LogP contribution >= 0.6 is 11.6 Å². The summed E-state index contributed by atoms with van der Waals surface area (Å²) in [5.41, 5.74) is 0.233. The van der Waals surface area contributed by atoms with Crippen LogP contribution in [0.4, 0.5) is 5.95 Å². The third-order valence-corrected chi connectivity index (χ3v) is 3.91. The van der Waals surface area contributed by atoms with Crippen LogP contribution in [0.2, 0.25) is 5.28 Å². The molecule has 0 radical (unpaired) electrons. The van der Waals surface area contributed by atoms with Gasteiger partial charge in [-0.15, -0.1) is 0 Å². The second-order valence-electron chi connectivity index (χ2n) is 6.31. The van der Waals surface area contributed by atoms with Crippen molar-refractivity contribution >= 4 is 17.5 Å². The predicted octanol–water partition coefficient (Wildman–Crippen LogP) is 3.69. The molecule has 1 N–H and O–H groups in total. The maximum atomic E-state index is 5.94. The van der Waals surface area contributed by atoms with E-state index < -0.39 is 0 Å². The molecule has 0 spiro atoms. The second kappa shape index (κ2) is 6.12. The Morgan fingerprint density at radius 1 is 1.25 bits per heavy atom. The lowest BCUT2D eigenvalue weighted by Crippen LogP contribution is -2.39. The largest absolute Gasteiger partial charge is 0.461 e. The molecule has 1 heterocycles. The zero-order chi connectivity index (χ0) is 14.8. The fraction of sp³-hybridized carbons (Fsp3) is 0.786. The third-order valence-electron chi connectivity index (χ3n) is 3.74. The molecule has 1 atom stereocenters. The molecule has 1 saturated carbocycles. The van der Waals surface area contributed by atoms with Gasteiger partial charge in [0.25, 0.3) is 0 Å². The Labute approximate surface area is 125 Å². The van der Waals surface area contributed by atoms with Gasteiger partial charge in [-0.1, -0.05) is 26.7 Å². The lowest BCUT2D eigenvalue weighted by molar-refractivity contribution is 0.213. The van der Waals surface area contributed by atoms with Gasteiger partial charge in [-0.05, 0) is 43.7 Å². The van der Waals surface area contributed by atoms with Gasteiger partial charge in [0.1, 0.15) is 0 Å². The van der Waals surface area contributed by atoms with E-state index in [1.807, 2.05) is 13.8 Å². The summed E-state index contributed by atoms with van der Waals surface area (Å²) >= 11 is 5.94. The lowest BCUT2D eigenvalue weighted by Gasteiger charge is -2.39. The number of ether oxygens (including phenoxy) is 1. The zero-order valence-electron chi connectivity index (χ0n) is 12.6. The van der Waals surface area contributed by atoms with E-state index in [9.17, 15) is 0 Å². The first kappa shape index (κ1) is 15.3. The van der Waals surface area contributed by atoms with E-state index in [1.54, 1.807) is 0 Å². The van der Waals surface area contributed by atoms with Gasteiger partial charge in [0, 0.05) is 6.04 Å². The van der Waals surface area contributed by atoms with Gasteiger partial charge in [0.15, 0.2) is 0 Å². The van der Waals surface area contributed by atoms with Crippen LogP contribution in [-0.2, 0) is 0 Å². The smallest absolute Gasteiger partial charge is 0.322 e. The molecular weight excluding hydrogens is 276 g/mol. The predicted molar refractivity (Wildman–Crippen MR) is 80.3 cm³/mol. The zero-order valence-corrected chi connectivity index (χ0v) is 13.4. The van der Waals surface area contributed by atoms with Crippen molar-refractivity contribution in [3.8, 4) is 6.01 Å². The van der Waals surface area contributed by atoms with Crippen molar-refractivity contribution in [2.24, 2.45) is 5.41 Å². The molecule has 2 rings (SSSR count). The maximum absolute atomic E-state index is 5.94. The first-order valence-electron chi connectivity index (χ1n) is 7.21. The monoisotopic (exact) mass is 298 g/mol. The van der Waals surface area contributed by atoms with Gasteiger partial charge >= 0.3 is 6.01 Å². The average Bonchev–Trinajstić information content (AvgIpc) is 2.30. The number of nitrogens with one attached hydrogen (secondary N) is 1. The molecule has 1 unspecified atom stereocenters. The van der Waals surface area contributed by atoms with Gasteiger partial charge in [0.2, 0.25) is 11.2 Å². The molecule has 6 heteroatoms. The quantitative estimate of drug-likeness (QED) is 0.918. The normalized spacial score (nSPS) is 21.8. The van der Waals surface area contributed by atoms with Crippen LogP contribution in [0.25, 0.3) is 0 Å². The highest BCUT2D eigenvalue weighted by molar-refractivity contribution is 6.28. The Balaban J connectivity index is 2.14. The fourth-order valence-electron chi connectivity index (χ4n) is 2.58. The summed E-state index contributed by atoms with van der Waals surface area (Å²) in [6, 6.07) is 0.623. The Kier molecular flexibility index (Phi) is 4.68. The van der Waals surface area contributed by atoms with Crippen molar-refractivity contribution < 1.29 is 4.74 Å². The van der Waals surface area contributed by atoms with Gasteiger partial charge in [-0.2, -0.15) is 15.0 Å². The van der Waals surface area contributed by atoms with Crippen molar-refractivity contribution in [2.75, 3.05) is 5.32 Å². The summed E-state index contributed by atoms with van der Waals surface area (Å²) in [7, 11) is 0. The molecule has 0 aromatic carbocycles. The Bertz CT molecular complexity index is 464. The number of rotatable bonds is 4. The second-order valence-corrected chi connectivity index (χ2v) is 6.65. The summed E-state index contributed by atoms with van der Waals surface area (Å²) in [5, 5.41) is 3.56. The molecule has 1 aliphatic rings. The molecule has 1 fully saturated rings. The number of nitrogens with zero attached hydrogens (tertiary/aromatic N) is 3. The highest BCUT2D eigenvalue weighted by atomic mass is 35.5. The van der Waals surface area contributed by atoms with Crippen LogP contribution in [-0.4, -0.2) is 27.1 Å². The molecule has 1 aliphatic carbocycles. The van der Waals surface area contributed by atoms with Crippen molar-refractivity contribution in [2.45, 2.75) is 65.5 Å². The summed E-state index contributed by atoms with van der Waals surface area (Å²) in [6.45, 7) is 8.40. The molecule has 0 saturated heterocycles. The van der Waals surface area contributed by atoms with Crippen molar-refractivity contribution in [1.82, 2.24) is 15.0 Å². The Hall–Kier alpha value is -1.10. The summed E-state index contributed by atoms with van der Waals surface area (Å²) in [6.07, 6.45) is 4.85. The topological polar surface area (TPSA) is 59.9 Å². The first-order chi connectivity index (χ1) is 9.37. The number of hydrogen-bond acceptors (Lipinski definition) is 5. The summed E-state index contributed by atoms with van der Waals surface area (Å²) < 4.78 is 5.49. The third kappa shape index (κ3) is 3.95. The van der Waals surface area contributed by atoms with E-state index in [2.05, 4.69) is 34.1 Å². The van der Waals surface area contributed by atoms with E-state index in [0.717, 1.165) is 6.42 Å². The molecule has 0 amide bonds. The minimum atomic E-state index is 0.00689. The standard InChI is InChI=1S/C14H23ClN4O/c1-9(2)20-13-18-11(15)17-12(19-13)16-10-7-5-6-8-14(10,3)4/h9-10H,5-8H2,1-4H3,(H,16,17,18,19). The highest BCUT2D eigenvalue weighted by Crippen LogP contribution is 2.36. The minimum absolute atomic E-state index is 0.00689. The Morgan fingerprint density at radius 2 is 2.00 bits per heavy atom. The van der Waals surface area contributed by atoms with Crippen molar-refractivity contribution in [3.05, 3.63) is 5.28 Å². The molecule has 112 valence electrons. The Morgan fingerprint density at radius 3 is 2.65 bits per heavy atom. The van der Waals surface area contributed by atoms with Crippen LogP contribution < -0.4 is 10.1 Å². The number of hydrogen-bond donors (Lipinski definition) is 1. The summed E-state index contributed by atoms with van der Waals surface area (Å²) in [4.78, 5) is 12.4. The van der Waals surface area contributed by atoms with Crippen LogP contribution in [0.1, 0.15) is 53.4 Å². The molecule has 0 aliphatic heterocycles. The van der Waals surface area contributed by atoms with E-state index >= 15 is 0 Å². The van der Waals surface area contributed by atoms with Crippen molar-refractivity contribution in [3.63, 3.8) is 0 Å². The average molecular weight is 299 g/mol. The van der Waals surface area contributed by atoms with E-state index in [1.165, 1.54) is 19.3 Å². The molecule has 1 aromatic heterocycles. The van der Waals surface area contributed by atoms with E-state index in [4.69, 9.17) is 16.3 Å². The van der Waals surface area contributed by atoms with E-state index in [-0.39, 0.29) is 22.8 Å². The molecule has 1 aromatic rings. The lowest BCUT2D eigenvalue weighted by atomic mass is 9.73. The van der Waals surface area contributed by atoms with Gasteiger partial charge in [-0.3, -0.25) is 0 Å². The van der Waals surface area contributed by atoms with Crippen molar-refractivity contribution in [1.29, 1.82) is 0 Å². The maximum Gasteiger partial charge on any atom is 0.322 e. The fourth-order valence-corrected chi connectivity index (χ4v) is 2.73. The van der Waals surface area contributed by atoms with Crippen LogP contribution in [0.5, 0.6) is 6.01 Å². The molecule has 5 nitrogen and oxygen atoms in total. The van der Waals surface area contributed by atoms with Crippen LogP contribution in [0.3, 0.4) is 0 Å².